The number of piperazine rings is 1. The van der Waals surface area contributed by atoms with E-state index < -0.39 is 21.6 Å². The van der Waals surface area contributed by atoms with Crippen LogP contribution in [0, 0.1) is 5.92 Å². The lowest BCUT2D eigenvalue weighted by atomic mass is 9.78. The van der Waals surface area contributed by atoms with Gasteiger partial charge in [-0.25, -0.2) is 4.18 Å². The Morgan fingerprint density at radius 3 is 2.25 bits per heavy atom. The number of nitrogens with two attached hydrogens (primary N) is 1. The zero-order chi connectivity index (χ0) is 23.1. The van der Waals surface area contributed by atoms with Crippen LogP contribution in [0.5, 0.6) is 0 Å². The summed E-state index contributed by atoms with van der Waals surface area (Å²) < 4.78 is 31.5. The van der Waals surface area contributed by atoms with Crippen molar-refractivity contribution in [3.63, 3.8) is 0 Å². The molecule has 1 aromatic rings. The molecule has 1 saturated heterocycles. The second kappa shape index (κ2) is 9.50. The lowest BCUT2D eigenvalue weighted by Gasteiger charge is -2.44. The molecule has 0 radical (unpaired) electrons. The third kappa shape index (κ3) is 4.88. The lowest BCUT2D eigenvalue weighted by Crippen LogP contribution is -2.55. The van der Waals surface area contributed by atoms with Gasteiger partial charge in [0.1, 0.15) is 0 Å². The first-order valence-electron chi connectivity index (χ1n) is 10.8. The molecule has 2 amide bonds. The molecule has 1 aromatic heterocycles. The Kier molecular flexibility index (Phi) is 7.24. The van der Waals surface area contributed by atoms with Crippen molar-refractivity contribution in [2.45, 2.75) is 60.8 Å². The fraction of sp³-hybridized carbons (Fsp3) is 0.700. The van der Waals surface area contributed by atoms with Crippen molar-refractivity contribution in [1.82, 2.24) is 9.80 Å². The second-order valence-corrected chi connectivity index (χ2v) is 13.1. The Bertz CT molecular complexity index is 981. The van der Waals surface area contributed by atoms with Gasteiger partial charge in [0.25, 0.3) is 5.91 Å². The van der Waals surface area contributed by atoms with Crippen molar-refractivity contribution in [3.8, 4) is 0 Å². The molecule has 12 heteroatoms. The van der Waals surface area contributed by atoms with Gasteiger partial charge in [0.2, 0.25) is 5.91 Å². The van der Waals surface area contributed by atoms with Crippen molar-refractivity contribution in [3.05, 3.63) is 14.9 Å². The van der Waals surface area contributed by atoms with Gasteiger partial charge in [0, 0.05) is 38.1 Å². The average Bonchev–Trinajstić information content (AvgIpc) is 3.06. The summed E-state index contributed by atoms with van der Waals surface area (Å²) in [5.74, 6) is -1.02. The third-order valence-electron chi connectivity index (χ3n) is 6.93. The Morgan fingerprint density at radius 2 is 1.78 bits per heavy atom. The fourth-order valence-corrected chi connectivity index (χ4v) is 8.92. The molecule has 2 heterocycles. The monoisotopic (exact) mass is 567 g/mol. The topological polar surface area (TPSA) is 110 Å². The molecule has 2 aliphatic carbocycles. The molecule has 0 bridgehead atoms. The van der Waals surface area contributed by atoms with Gasteiger partial charge in [-0.1, -0.05) is 18.0 Å². The number of carbonyl (C=O) groups excluding carboxylic acids is 2. The number of hydrogen-bond donors (Lipinski definition) is 1. The van der Waals surface area contributed by atoms with E-state index in [-0.39, 0.29) is 37.7 Å². The predicted molar refractivity (Wildman–Crippen MR) is 125 cm³/mol. The van der Waals surface area contributed by atoms with Crippen molar-refractivity contribution < 1.29 is 22.2 Å². The standard InChI is InChI=1S/C20H27BrClN3O5S2/c21-15-12-16(22)31-18(15)32(28,29)30-20(19(23)27)6-4-13(5-7-20)17(26)25-10-8-24(9-11-25)14-2-1-3-14/h12-14H,1-11H2,(H2,23,27). The zero-order valence-corrected chi connectivity index (χ0v) is 21.6. The Morgan fingerprint density at radius 1 is 1.16 bits per heavy atom. The van der Waals surface area contributed by atoms with E-state index in [0.717, 1.165) is 24.4 Å². The molecular weight excluding hydrogens is 542 g/mol. The molecule has 178 valence electrons. The zero-order valence-electron chi connectivity index (χ0n) is 17.6. The highest BCUT2D eigenvalue weighted by Crippen LogP contribution is 2.41. The first kappa shape index (κ1) is 24.4. The number of nitrogens with zero attached hydrogens (tertiary/aromatic N) is 2. The van der Waals surface area contributed by atoms with Crippen LogP contribution in [0.1, 0.15) is 44.9 Å². The maximum atomic E-state index is 13.1. The predicted octanol–water partition coefficient (Wildman–Crippen LogP) is 2.98. The SMILES string of the molecule is NC(=O)C1(OS(=O)(=O)c2sc(Cl)cc2Br)CCC(C(=O)N2CCN(C3CCC3)CC2)CC1. The van der Waals surface area contributed by atoms with Crippen LogP contribution in [0.3, 0.4) is 0 Å². The maximum Gasteiger partial charge on any atom is 0.308 e. The first-order valence-corrected chi connectivity index (χ1v) is 14.2. The maximum absolute atomic E-state index is 13.1. The number of primary amides is 1. The number of thiophene rings is 1. The van der Waals surface area contributed by atoms with Crippen LogP contribution in [-0.2, 0) is 23.9 Å². The molecule has 0 spiro atoms. The second-order valence-electron chi connectivity index (χ2n) is 8.80. The van der Waals surface area contributed by atoms with Crippen molar-refractivity contribution in [2.75, 3.05) is 26.2 Å². The van der Waals surface area contributed by atoms with Crippen LogP contribution in [0.4, 0.5) is 0 Å². The minimum Gasteiger partial charge on any atom is -0.367 e. The van der Waals surface area contributed by atoms with Gasteiger partial charge in [-0.05, 0) is 60.5 Å². The first-order chi connectivity index (χ1) is 15.1. The summed E-state index contributed by atoms with van der Waals surface area (Å²) in [6.45, 7) is 3.22. The summed E-state index contributed by atoms with van der Waals surface area (Å²) in [5.41, 5.74) is 3.94. The third-order valence-corrected chi connectivity index (χ3v) is 11.2. The molecule has 0 aromatic carbocycles. The molecule has 4 rings (SSSR count). The Hall–Kier alpha value is -0.720. The highest BCUT2D eigenvalue weighted by atomic mass is 79.9. The molecule has 32 heavy (non-hydrogen) atoms. The summed E-state index contributed by atoms with van der Waals surface area (Å²) in [6.07, 6.45) is 4.67. The van der Waals surface area contributed by atoms with Crippen LogP contribution < -0.4 is 5.73 Å². The van der Waals surface area contributed by atoms with Gasteiger partial charge in [-0.2, -0.15) is 8.42 Å². The van der Waals surface area contributed by atoms with Gasteiger partial charge in [-0.15, -0.1) is 11.3 Å². The number of halogens is 2. The lowest BCUT2D eigenvalue weighted by molar-refractivity contribution is -0.145. The van der Waals surface area contributed by atoms with Crippen LogP contribution in [0.25, 0.3) is 0 Å². The van der Waals surface area contributed by atoms with Crippen molar-refractivity contribution in [2.24, 2.45) is 11.7 Å². The number of hydrogen-bond acceptors (Lipinski definition) is 7. The number of carbonyl (C=O) groups is 2. The molecular formula is C20H27BrClN3O5S2. The summed E-state index contributed by atoms with van der Waals surface area (Å²) >= 11 is 9.91. The summed E-state index contributed by atoms with van der Waals surface area (Å²) in [4.78, 5) is 29.7. The van der Waals surface area contributed by atoms with Crippen LogP contribution in [0.2, 0.25) is 4.34 Å². The highest BCUT2D eigenvalue weighted by Gasteiger charge is 2.48. The molecule has 3 aliphatic rings. The molecule has 0 unspecified atom stereocenters. The minimum absolute atomic E-state index is 0.0759. The molecule has 8 nitrogen and oxygen atoms in total. The molecule has 2 N–H and O–H groups in total. The quantitative estimate of drug-likeness (QED) is 0.529. The normalized spacial score (nSPS) is 27.8. The summed E-state index contributed by atoms with van der Waals surface area (Å²) in [7, 11) is -4.26. The average molecular weight is 569 g/mol. The van der Waals surface area contributed by atoms with E-state index >= 15 is 0 Å². The Balaban J connectivity index is 1.38. The molecule has 2 saturated carbocycles. The van der Waals surface area contributed by atoms with E-state index in [0.29, 0.717) is 32.0 Å². The smallest absolute Gasteiger partial charge is 0.308 e. The fourth-order valence-electron chi connectivity index (χ4n) is 4.76. The van der Waals surface area contributed by atoms with Crippen molar-refractivity contribution >= 4 is 60.8 Å². The van der Waals surface area contributed by atoms with Crippen LogP contribution in [0.15, 0.2) is 14.7 Å². The van der Waals surface area contributed by atoms with E-state index in [4.69, 9.17) is 21.5 Å². The largest absolute Gasteiger partial charge is 0.367 e. The van der Waals surface area contributed by atoms with E-state index in [9.17, 15) is 18.0 Å². The molecule has 1 aliphatic heterocycles. The highest BCUT2D eigenvalue weighted by molar-refractivity contribution is 9.10. The van der Waals surface area contributed by atoms with Gasteiger partial charge in [-0.3, -0.25) is 14.5 Å². The van der Waals surface area contributed by atoms with Gasteiger partial charge in [0.05, 0.1) is 8.81 Å². The Labute approximate surface area is 205 Å². The van der Waals surface area contributed by atoms with Crippen molar-refractivity contribution in [1.29, 1.82) is 0 Å². The summed E-state index contributed by atoms with van der Waals surface area (Å²) in [5, 5.41) is 0. The van der Waals surface area contributed by atoms with Crippen LogP contribution >= 0.6 is 38.9 Å². The van der Waals surface area contributed by atoms with Crippen LogP contribution in [-0.4, -0.2) is 67.9 Å². The van der Waals surface area contributed by atoms with E-state index in [1.54, 1.807) is 0 Å². The number of amides is 2. The van der Waals surface area contributed by atoms with E-state index in [2.05, 4.69) is 20.8 Å². The number of rotatable bonds is 6. The van der Waals surface area contributed by atoms with Gasteiger partial charge in [0.15, 0.2) is 9.81 Å². The molecule has 3 fully saturated rings. The van der Waals surface area contributed by atoms with Gasteiger partial charge >= 0.3 is 10.1 Å². The van der Waals surface area contributed by atoms with E-state index in [1.807, 2.05) is 4.90 Å². The van der Waals surface area contributed by atoms with Gasteiger partial charge < -0.3 is 10.6 Å². The summed E-state index contributed by atoms with van der Waals surface area (Å²) in [6, 6.07) is 2.13. The minimum atomic E-state index is -4.26. The molecule has 0 atom stereocenters. The van der Waals surface area contributed by atoms with E-state index in [1.165, 1.54) is 25.3 Å².